The number of nitrogens with one attached hydrogen (secondary N) is 2. The van der Waals surface area contributed by atoms with Crippen LogP contribution in [0.5, 0.6) is 0 Å². The van der Waals surface area contributed by atoms with Crippen LogP contribution in [0, 0.1) is 16.0 Å². The molecule has 0 bridgehead atoms. The van der Waals surface area contributed by atoms with Crippen LogP contribution in [-0.4, -0.2) is 22.5 Å². The maximum atomic E-state index is 11.2. The molecule has 1 fully saturated rings. The molecule has 2 unspecified atom stereocenters. The molecular formula is C15H24N4O2. The average Bonchev–Trinajstić information content (AvgIpc) is 2.64. The van der Waals surface area contributed by atoms with Gasteiger partial charge >= 0.3 is 5.69 Å². The summed E-state index contributed by atoms with van der Waals surface area (Å²) in [5.41, 5.74) is 0.0500. The summed E-state index contributed by atoms with van der Waals surface area (Å²) in [5, 5.41) is 17.6. The first-order valence-electron chi connectivity index (χ1n) is 7.76. The zero-order chi connectivity index (χ0) is 15.2. The molecule has 1 heterocycles. The summed E-state index contributed by atoms with van der Waals surface area (Å²) in [6, 6.07) is 3.45. The Hall–Kier alpha value is -1.85. The first-order valence-corrected chi connectivity index (χ1v) is 7.76. The standard InChI is InChI=1S/C15H24N4O2/c1-3-16-14-10-9-13(19(20)21)15(18-14)17-12-6-4-5-11(2)7-8-12/h9-12H,3-8H2,1-2H3,(H2,16,17,18). The zero-order valence-corrected chi connectivity index (χ0v) is 12.8. The third-order valence-corrected chi connectivity index (χ3v) is 4.03. The van der Waals surface area contributed by atoms with Crippen molar-refractivity contribution in [2.75, 3.05) is 17.2 Å². The van der Waals surface area contributed by atoms with Crippen LogP contribution in [0.3, 0.4) is 0 Å². The lowest BCUT2D eigenvalue weighted by Gasteiger charge is -2.17. The van der Waals surface area contributed by atoms with Crippen LogP contribution in [0.4, 0.5) is 17.3 Å². The SMILES string of the molecule is CCNc1ccc([N+](=O)[O-])c(NC2CCCC(C)CC2)n1. The summed E-state index contributed by atoms with van der Waals surface area (Å²) in [4.78, 5) is 15.2. The minimum atomic E-state index is -0.371. The highest BCUT2D eigenvalue weighted by Crippen LogP contribution is 2.29. The molecule has 1 aliphatic rings. The minimum absolute atomic E-state index is 0.0500. The van der Waals surface area contributed by atoms with Gasteiger partial charge in [-0.3, -0.25) is 10.1 Å². The summed E-state index contributed by atoms with van der Waals surface area (Å²) in [5.74, 6) is 1.80. The van der Waals surface area contributed by atoms with Crippen molar-refractivity contribution in [3.63, 3.8) is 0 Å². The van der Waals surface area contributed by atoms with Gasteiger partial charge in [-0.15, -0.1) is 0 Å². The molecular weight excluding hydrogens is 268 g/mol. The molecule has 21 heavy (non-hydrogen) atoms. The first-order chi connectivity index (χ1) is 10.1. The molecule has 0 spiro atoms. The molecule has 2 N–H and O–H groups in total. The van der Waals surface area contributed by atoms with Gasteiger partial charge in [0.1, 0.15) is 5.82 Å². The van der Waals surface area contributed by atoms with E-state index in [1.807, 2.05) is 6.92 Å². The summed E-state index contributed by atoms with van der Waals surface area (Å²) in [6.45, 7) is 4.99. The van der Waals surface area contributed by atoms with Gasteiger partial charge in [0.15, 0.2) is 0 Å². The van der Waals surface area contributed by atoms with Gasteiger partial charge in [0, 0.05) is 18.7 Å². The van der Waals surface area contributed by atoms with E-state index in [2.05, 4.69) is 22.5 Å². The van der Waals surface area contributed by atoms with Crippen LogP contribution < -0.4 is 10.6 Å². The number of pyridine rings is 1. The van der Waals surface area contributed by atoms with Gasteiger partial charge in [-0.1, -0.05) is 19.8 Å². The van der Waals surface area contributed by atoms with Crippen LogP contribution in [-0.2, 0) is 0 Å². The maximum absolute atomic E-state index is 11.2. The third-order valence-electron chi connectivity index (χ3n) is 4.03. The molecule has 0 amide bonds. The fourth-order valence-corrected chi connectivity index (χ4v) is 2.81. The van der Waals surface area contributed by atoms with Crippen LogP contribution in [0.25, 0.3) is 0 Å². The van der Waals surface area contributed by atoms with Crippen molar-refractivity contribution >= 4 is 17.3 Å². The Kier molecular flexibility index (Phi) is 5.36. The topological polar surface area (TPSA) is 80.1 Å². The molecule has 2 atom stereocenters. The Morgan fingerprint density at radius 2 is 2.14 bits per heavy atom. The Morgan fingerprint density at radius 1 is 1.33 bits per heavy atom. The minimum Gasteiger partial charge on any atom is -0.370 e. The van der Waals surface area contributed by atoms with Crippen molar-refractivity contribution in [2.24, 2.45) is 5.92 Å². The molecule has 1 saturated carbocycles. The highest BCUT2D eigenvalue weighted by molar-refractivity contribution is 5.60. The lowest BCUT2D eigenvalue weighted by atomic mass is 10.0. The number of aromatic nitrogens is 1. The number of hydrogen-bond donors (Lipinski definition) is 2. The number of hydrogen-bond acceptors (Lipinski definition) is 5. The van der Waals surface area contributed by atoms with E-state index < -0.39 is 0 Å². The Bertz CT molecular complexity index is 493. The van der Waals surface area contributed by atoms with E-state index in [0.717, 1.165) is 25.3 Å². The summed E-state index contributed by atoms with van der Waals surface area (Å²) < 4.78 is 0. The predicted molar refractivity (Wildman–Crippen MR) is 84.7 cm³/mol. The predicted octanol–water partition coefficient (Wildman–Crippen LogP) is 3.80. The van der Waals surface area contributed by atoms with Crippen LogP contribution in [0.1, 0.15) is 46.0 Å². The number of anilines is 2. The van der Waals surface area contributed by atoms with Gasteiger partial charge < -0.3 is 10.6 Å². The van der Waals surface area contributed by atoms with Crippen molar-refractivity contribution in [3.05, 3.63) is 22.2 Å². The monoisotopic (exact) mass is 292 g/mol. The second kappa shape index (κ2) is 7.24. The van der Waals surface area contributed by atoms with E-state index in [9.17, 15) is 10.1 Å². The second-order valence-electron chi connectivity index (χ2n) is 5.81. The van der Waals surface area contributed by atoms with Crippen molar-refractivity contribution in [2.45, 2.75) is 52.0 Å². The van der Waals surface area contributed by atoms with Gasteiger partial charge in [0.2, 0.25) is 5.82 Å². The molecule has 1 aromatic heterocycles. The van der Waals surface area contributed by atoms with E-state index in [4.69, 9.17) is 0 Å². The molecule has 6 heteroatoms. The summed E-state index contributed by atoms with van der Waals surface area (Å²) >= 11 is 0. The van der Waals surface area contributed by atoms with Gasteiger partial charge in [-0.25, -0.2) is 4.98 Å². The Balaban J connectivity index is 2.15. The van der Waals surface area contributed by atoms with E-state index in [0.29, 0.717) is 11.6 Å². The lowest BCUT2D eigenvalue weighted by molar-refractivity contribution is -0.384. The number of rotatable bonds is 5. The summed E-state index contributed by atoms with van der Waals surface area (Å²) in [7, 11) is 0. The quantitative estimate of drug-likeness (QED) is 0.490. The van der Waals surface area contributed by atoms with Crippen LogP contribution in [0.15, 0.2) is 12.1 Å². The molecule has 116 valence electrons. The van der Waals surface area contributed by atoms with Crippen LogP contribution in [0.2, 0.25) is 0 Å². The molecule has 1 aromatic rings. The molecule has 2 rings (SSSR count). The Labute approximate surface area is 125 Å². The normalized spacial score (nSPS) is 22.4. The molecule has 0 aliphatic heterocycles. The van der Waals surface area contributed by atoms with Gasteiger partial charge in [0.05, 0.1) is 4.92 Å². The number of nitrogens with zero attached hydrogens (tertiary/aromatic N) is 2. The van der Waals surface area contributed by atoms with Crippen molar-refractivity contribution in [1.29, 1.82) is 0 Å². The zero-order valence-electron chi connectivity index (χ0n) is 12.8. The van der Waals surface area contributed by atoms with E-state index in [1.165, 1.54) is 25.3 Å². The molecule has 0 radical (unpaired) electrons. The van der Waals surface area contributed by atoms with Crippen molar-refractivity contribution in [3.8, 4) is 0 Å². The fourth-order valence-electron chi connectivity index (χ4n) is 2.81. The smallest absolute Gasteiger partial charge is 0.311 e. The highest BCUT2D eigenvalue weighted by atomic mass is 16.6. The number of nitro groups is 1. The molecule has 1 aliphatic carbocycles. The van der Waals surface area contributed by atoms with E-state index in [-0.39, 0.29) is 16.7 Å². The Morgan fingerprint density at radius 3 is 2.86 bits per heavy atom. The average molecular weight is 292 g/mol. The summed E-state index contributed by atoms with van der Waals surface area (Å²) in [6.07, 6.45) is 5.67. The van der Waals surface area contributed by atoms with Crippen molar-refractivity contribution in [1.82, 2.24) is 4.98 Å². The first kappa shape index (κ1) is 15.5. The molecule has 0 saturated heterocycles. The van der Waals surface area contributed by atoms with E-state index in [1.54, 1.807) is 6.07 Å². The van der Waals surface area contributed by atoms with Crippen LogP contribution >= 0.6 is 0 Å². The maximum Gasteiger partial charge on any atom is 0.311 e. The molecule has 0 aromatic carbocycles. The second-order valence-corrected chi connectivity index (χ2v) is 5.81. The fraction of sp³-hybridized carbons (Fsp3) is 0.667. The van der Waals surface area contributed by atoms with Gasteiger partial charge in [0.25, 0.3) is 0 Å². The lowest BCUT2D eigenvalue weighted by Crippen LogP contribution is -2.20. The molecule has 6 nitrogen and oxygen atoms in total. The largest absolute Gasteiger partial charge is 0.370 e. The highest BCUT2D eigenvalue weighted by Gasteiger charge is 2.21. The van der Waals surface area contributed by atoms with E-state index >= 15 is 0 Å². The van der Waals surface area contributed by atoms with Crippen molar-refractivity contribution < 1.29 is 4.92 Å². The van der Waals surface area contributed by atoms with Gasteiger partial charge in [-0.05, 0) is 38.2 Å². The van der Waals surface area contributed by atoms with Gasteiger partial charge in [-0.2, -0.15) is 0 Å². The third kappa shape index (κ3) is 4.31.